The molecule has 0 fully saturated rings. The molecule has 3 aromatic rings. The molecule has 30 heavy (non-hydrogen) atoms. The maximum Gasteiger partial charge on any atom is 0.416 e. The van der Waals surface area contributed by atoms with Gasteiger partial charge in [-0.1, -0.05) is 29.3 Å². The van der Waals surface area contributed by atoms with E-state index in [1.54, 1.807) is 6.07 Å². The molecule has 0 saturated carbocycles. The van der Waals surface area contributed by atoms with E-state index >= 15 is 0 Å². The first-order chi connectivity index (χ1) is 14.1. The minimum atomic E-state index is -4.60. The van der Waals surface area contributed by atoms with Crippen LogP contribution in [0.2, 0.25) is 10.0 Å². The van der Waals surface area contributed by atoms with Crippen LogP contribution in [0, 0.1) is 11.3 Å². The molecule has 0 bridgehead atoms. The summed E-state index contributed by atoms with van der Waals surface area (Å²) in [5.74, 6) is -1.000. The van der Waals surface area contributed by atoms with Gasteiger partial charge in [-0.3, -0.25) is 9.59 Å². The molecule has 0 aliphatic rings. The Bertz CT molecular complexity index is 1290. The van der Waals surface area contributed by atoms with Gasteiger partial charge in [0.2, 0.25) is 0 Å². The number of hydrogen-bond donors (Lipinski definition) is 1. The zero-order chi connectivity index (χ0) is 22.1. The van der Waals surface area contributed by atoms with Gasteiger partial charge in [-0.05, 0) is 36.4 Å². The number of carbonyl (C=O) groups excluding carboxylic acids is 1. The van der Waals surface area contributed by atoms with Gasteiger partial charge in [-0.2, -0.15) is 18.4 Å². The lowest BCUT2D eigenvalue weighted by Gasteiger charge is -2.09. The normalized spacial score (nSPS) is 11.9. The molecule has 10 heteroatoms. The molecule has 0 radical (unpaired) electrons. The smallest absolute Gasteiger partial charge is 0.416 e. The molecule has 0 aliphatic carbocycles. The van der Waals surface area contributed by atoms with E-state index in [0.717, 1.165) is 30.5 Å². The van der Waals surface area contributed by atoms with Crippen molar-refractivity contribution in [3.8, 4) is 6.07 Å². The molecule has 1 heterocycles. The van der Waals surface area contributed by atoms with Crippen LogP contribution in [0.25, 0.3) is 17.0 Å². The van der Waals surface area contributed by atoms with Crippen LogP contribution in [0.15, 0.2) is 57.4 Å². The Hall–Kier alpha value is -3.28. The number of anilines is 1. The molecule has 0 atom stereocenters. The molecular weight excluding hydrogens is 444 g/mol. The van der Waals surface area contributed by atoms with Gasteiger partial charge < -0.3 is 9.73 Å². The molecule has 0 saturated heterocycles. The van der Waals surface area contributed by atoms with E-state index in [0.29, 0.717) is 0 Å². The Morgan fingerprint density at radius 2 is 1.93 bits per heavy atom. The summed E-state index contributed by atoms with van der Waals surface area (Å²) in [6.45, 7) is 0. The van der Waals surface area contributed by atoms with Gasteiger partial charge in [0.25, 0.3) is 5.91 Å². The topological polar surface area (TPSA) is 83.1 Å². The highest BCUT2D eigenvalue weighted by molar-refractivity contribution is 6.38. The molecule has 5 nitrogen and oxygen atoms in total. The summed E-state index contributed by atoms with van der Waals surface area (Å²) in [5, 5.41) is 11.8. The summed E-state index contributed by atoms with van der Waals surface area (Å²) < 4.78 is 43.7. The average molecular weight is 453 g/mol. The van der Waals surface area contributed by atoms with Gasteiger partial charge in [-0.25, -0.2) is 0 Å². The lowest BCUT2D eigenvalue weighted by Crippen LogP contribution is -2.15. The summed E-state index contributed by atoms with van der Waals surface area (Å²) in [4.78, 5) is 25.0. The minimum absolute atomic E-state index is 0.0387. The van der Waals surface area contributed by atoms with Crippen molar-refractivity contribution in [1.82, 2.24) is 0 Å². The summed E-state index contributed by atoms with van der Waals surface area (Å²) in [6, 6.07) is 8.22. The second kappa shape index (κ2) is 8.22. The van der Waals surface area contributed by atoms with E-state index in [1.165, 1.54) is 18.2 Å². The predicted octanol–water partition coefficient (Wildman–Crippen LogP) is 5.66. The number of halogens is 5. The summed E-state index contributed by atoms with van der Waals surface area (Å²) >= 11 is 11.9. The third-order valence-corrected chi connectivity index (χ3v) is 4.43. The fourth-order valence-electron chi connectivity index (χ4n) is 2.56. The molecule has 1 aromatic heterocycles. The Morgan fingerprint density at radius 1 is 1.20 bits per heavy atom. The van der Waals surface area contributed by atoms with E-state index in [9.17, 15) is 28.0 Å². The van der Waals surface area contributed by atoms with Crippen LogP contribution < -0.4 is 10.7 Å². The van der Waals surface area contributed by atoms with E-state index in [4.69, 9.17) is 27.6 Å². The number of nitrogens with zero attached hydrogens (tertiary/aromatic N) is 1. The predicted molar refractivity (Wildman–Crippen MR) is 106 cm³/mol. The van der Waals surface area contributed by atoms with Crippen LogP contribution in [0.1, 0.15) is 11.1 Å². The largest absolute Gasteiger partial charge is 0.462 e. The summed E-state index contributed by atoms with van der Waals surface area (Å²) in [5.41, 5.74) is -2.31. The number of nitrogens with one attached hydrogen (secondary N) is 1. The number of carbonyl (C=O) groups is 1. The number of amides is 1. The van der Waals surface area contributed by atoms with E-state index in [2.05, 4.69) is 5.32 Å². The van der Waals surface area contributed by atoms with Gasteiger partial charge in [0, 0.05) is 10.7 Å². The molecule has 3 rings (SSSR count). The monoisotopic (exact) mass is 452 g/mol. The van der Waals surface area contributed by atoms with Crippen molar-refractivity contribution in [2.45, 2.75) is 6.18 Å². The number of alkyl halides is 3. The highest BCUT2D eigenvalue weighted by Gasteiger charge is 2.30. The number of fused-ring (bicyclic) bond motifs is 1. The fraction of sp³-hybridized carbons (Fsp3) is 0.0500. The Labute approximate surface area is 176 Å². The molecule has 152 valence electrons. The number of benzene rings is 2. The Balaban J connectivity index is 1.97. The molecule has 0 spiro atoms. The number of rotatable bonds is 3. The van der Waals surface area contributed by atoms with E-state index in [1.807, 2.05) is 0 Å². The van der Waals surface area contributed by atoms with E-state index in [-0.39, 0.29) is 32.3 Å². The first-order valence-electron chi connectivity index (χ1n) is 8.11. The zero-order valence-electron chi connectivity index (χ0n) is 14.7. The molecule has 0 unspecified atom stereocenters. The SMILES string of the molecule is N#C/C(=C\c1coc2c(Cl)cc(Cl)cc2c1=O)C(=O)Nc1cccc(C(F)(F)F)c1. The highest BCUT2D eigenvalue weighted by atomic mass is 35.5. The van der Waals surface area contributed by atoms with Crippen molar-refractivity contribution in [3.05, 3.63) is 79.6 Å². The highest BCUT2D eigenvalue weighted by Crippen LogP contribution is 2.31. The van der Waals surface area contributed by atoms with Crippen LogP contribution >= 0.6 is 23.2 Å². The summed E-state index contributed by atoms with van der Waals surface area (Å²) in [6.07, 6.45) is -2.62. The van der Waals surface area contributed by atoms with Gasteiger partial charge in [0.1, 0.15) is 17.9 Å². The maximum atomic E-state index is 12.8. The summed E-state index contributed by atoms with van der Waals surface area (Å²) in [7, 11) is 0. The first-order valence-corrected chi connectivity index (χ1v) is 8.86. The quantitative estimate of drug-likeness (QED) is 0.410. The fourth-order valence-corrected chi connectivity index (χ4v) is 3.09. The van der Waals surface area contributed by atoms with Gasteiger partial charge >= 0.3 is 6.18 Å². The number of nitriles is 1. The van der Waals surface area contributed by atoms with Crippen molar-refractivity contribution < 1.29 is 22.4 Å². The van der Waals surface area contributed by atoms with Crippen molar-refractivity contribution in [2.75, 3.05) is 5.32 Å². The number of hydrogen-bond acceptors (Lipinski definition) is 4. The van der Waals surface area contributed by atoms with Gasteiger partial charge in [0.15, 0.2) is 11.0 Å². The van der Waals surface area contributed by atoms with Crippen LogP contribution in [0.4, 0.5) is 18.9 Å². The second-order valence-corrected chi connectivity index (χ2v) is 6.83. The molecule has 2 aromatic carbocycles. The van der Waals surface area contributed by atoms with Crippen LogP contribution in [0.3, 0.4) is 0 Å². The van der Waals surface area contributed by atoms with Crippen molar-refractivity contribution in [2.24, 2.45) is 0 Å². The van der Waals surface area contributed by atoms with E-state index < -0.39 is 28.6 Å². The zero-order valence-corrected chi connectivity index (χ0v) is 16.2. The third kappa shape index (κ3) is 4.48. The Kier molecular flexibility index (Phi) is 5.87. The third-order valence-electron chi connectivity index (χ3n) is 3.93. The minimum Gasteiger partial charge on any atom is -0.462 e. The van der Waals surface area contributed by atoms with Crippen molar-refractivity contribution >= 4 is 51.8 Å². The average Bonchev–Trinajstić information content (AvgIpc) is 2.67. The standard InChI is InChI=1S/C20H9Cl2F3N2O3/c21-13-6-15-17(28)11(9-30-18(15)16(22)7-13)4-10(8-26)19(29)27-14-3-1-2-12(5-14)20(23,24)25/h1-7,9H,(H,27,29)/b10-4+. The van der Waals surface area contributed by atoms with Crippen LogP contribution in [0.5, 0.6) is 0 Å². The molecular formula is C20H9Cl2F3N2O3. The van der Waals surface area contributed by atoms with Crippen molar-refractivity contribution in [1.29, 1.82) is 5.26 Å². The lowest BCUT2D eigenvalue weighted by atomic mass is 10.1. The molecule has 0 aliphatic heterocycles. The van der Waals surface area contributed by atoms with Crippen LogP contribution in [-0.4, -0.2) is 5.91 Å². The lowest BCUT2D eigenvalue weighted by molar-refractivity contribution is -0.137. The Morgan fingerprint density at radius 3 is 2.60 bits per heavy atom. The molecule has 1 amide bonds. The van der Waals surface area contributed by atoms with Crippen molar-refractivity contribution in [3.63, 3.8) is 0 Å². The van der Waals surface area contributed by atoms with Gasteiger partial charge in [-0.15, -0.1) is 0 Å². The van der Waals surface area contributed by atoms with Crippen LogP contribution in [-0.2, 0) is 11.0 Å². The van der Waals surface area contributed by atoms with Gasteiger partial charge in [0.05, 0.1) is 21.5 Å². The maximum absolute atomic E-state index is 12.8. The first kappa shape index (κ1) is 21.4. The molecule has 1 N–H and O–H groups in total. The second-order valence-electron chi connectivity index (χ2n) is 5.99.